The van der Waals surface area contributed by atoms with Crippen LogP contribution in [-0.4, -0.2) is 25.3 Å². The van der Waals surface area contributed by atoms with Crippen molar-refractivity contribution >= 4 is 39.7 Å². The quantitative estimate of drug-likeness (QED) is 0.217. The molecule has 0 spiro atoms. The molecular weight excluding hydrogens is 520 g/mol. The average Bonchev–Trinajstić information content (AvgIpc) is 2.84. The minimum atomic E-state index is -0.346. The van der Waals surface area contributed by atoms with Gasteiger partial charge in [-0.2, -0.15) is 5.10 Å². The smallest absolute Gasteiger partial charge is 0.271 e. The maximum Gasteiger partial charge on any atom is 0.271 e. The summed E-state index contributed by atoms with van der Waals surface area (Å²) in [6, 6.07) is 18.1. The van der Waals surface area contributed by atoms with Gasteiger partial charge in [-0.15, -0.1) is 0 Å². The van der Waals surface area contributed by atoms with Crippen LogP contribution < -0.4 is 19.6 Å². The monoisotopic (exact) mass is 544 g/mol. The lowest BCUT2D eigenvalue weighted by Gasteiger charge is -2.12. The number of benzene rings is 3. The molecule has 3 aromatic rings. The molecule has 0 aromatic heterocycles. The highest BCUT2D eigenvalue weighted by atomic mass is 79.9. The Morgan fingerprint density at radius 1 is 0.971 bits per heavy atom. The highest BCUT2D eigenvalue weighted by molar-refractivity contribution is 9.10. The molecule has 1 amide bonds. The minimum Gasteiger partial charge on any atom is -0.490 e. The second kappa shape index (κ2) is 13.0. The van der Waals surface area contributed by atoms with Crippen molar-refractivity contribution < 1.29 is 19.0 Å². The van der Waals surface area contributed by atoms with E-state index in [1.165, 1.54) is 0 Å². The van der Waals surface area contributed by atoms with Gasteiger partial charge in [0.1, 0.15) is 12.4 Å². The van der Waals surface area contributed by atoms with Crippen molar-refractivity contribution in [1.29, 1.82) is 0 Å². The highest BCUT2D eigenvalue weighted by Gasteiger charge is 2.11. The summed E-state index contributed by atoms with van der Waals surface area (Å²) in [5, 5.41) is 4.76. The second-order valence-electron chi connectivity index (χ2n) is 7.25. The third-order valence-electron chi connectivity index (χ3n) is 4.61. The van der Waals surface area contributed by atoms with E-state index in [2.05, 4.69) is 26.5 Å². The van der Waals surface area contributed by atoms with E-state index >= 15 is 0 Å². The van der Waals surface area contributed by atoms with Crippen LogP contribution in [0.4, 0.5) is 0 Å². The number of ether oxygens (including phenoxy) is 3. The maximum atomic E-state index is 12.5. The Morgan fingerprint density at radius 2 is 1.74 bits per heavy atom. The summed E-state index contributed by atoms with van der Waals surface area (Å²) in [5.74, 6) is 1.50. The Bertz CT molecular complexity index is 1140. The van der Waals surface area contributed by atoms with Crippen LogP contribution in [0.3, 0.4) is 0 Å². The van der Waals surface area contributed by atoms with Crippen molar-refractivity contribution in [2.45, 2.75) is 26.9 Å². The summed E-state index contributed by atoms with van der Waals surface area (Å²) in [7, 11) is 0. The SMILES string of the molecule is CCCOc1ccc(C(=O)N/N=C/c2ccc(OCc3ccc(Cl)cc3)c(Br)c2)cc1OCC. The van der Waals surface area contributed by atoms with Crippen molar-refractivity contribution in [3.05, 3.63) is 86.8 Å². The van der Waals surface area contributed by atoms with Gasteiger partial charge in [0.25, 0.3) is 5.91 Å². The number of hydrazone groups is 1. The summed E-state index contributed by atoms with van der Waals surface area (Å²) in [6.45, 7) is 5.38. The number of rotatable bonds is 11. The van der Waals surface area contributed by atoms with E-state index in [1.807, 2.05) is 56.3 Å². The standard InChI is InChI=1S/C26H26BrClN2O4/c1-3-13-33-24-12-8-20(15-25(24)32-4-2)26(31)30-29-16-19-7-11-23(22(27)14-19)34-17-18-5-9-21(28)10-6-18/h5-12,14-16H,3-4,13,17H2,1-2H3,(H,30,31)/b29-16+. The summed E-state index contributed by atoms with van der Waals surface area (Å²) in [4.78, 5) is 12.5. The topological polar surface area (TPSA) is 69.2 Å². The number of halogens is 2. The van der Waals surface area contributed by atoms with Gasteiger partial charge < -0.3 is 14.2 Å². The lowest BCUT2D eigenvalue weighted by atomic mass is 10.2. The zero-order chi connectivity index (χ0) is 24.3. The molecule has 0 atom stereocenters. The van der Waals surface area contributed by atoms with Gasteiger partial charge >= 0.3 is 0 Å². The van der Waals surface area contributed by atoms with Gasteiger partial charge in [-0.1, -0.05) is 30.7 Å². The Balaban J connectivity index is 1.59. The number of hydrogen-bond acceptors (Lipinski definition) is 5. The van der Waals surface area contributed by atoms with E-state index in [9.17, 15) is 4.79 Å². The van der Waals surface area contributed by atoms with Gasteiger partial charge in [0.2, 0.25) is 0 Å². The van der Waals surface area contributed by atoms with Gasteiger partial charge in [0.05, 0.1) is 23.9 Å². The van der Waals surface area contributed by atoms with Gasteiger partial charge in [-0.05, 0) is 88.9 Å². The van der Waals surface area contributed by atoms with Gasteiger partial charge in [-0.25, -0.2) is 5.43 Å². The number of carbonyl (C=O) groups is 1. The van der Waals surface area contributed by atoms with Crippen LogP contribution >= 0.6 is 27.5 Å². The van der Waals surface area contributed by atoms with E-state index in [4.69, 9.17) is 25.8 Å². The molecule has 0 radical (unpaired) electrons. The minimum absolute atomic E-state index is 0.346. The largest absolute Gasteiger partial charge is 0.490 e. The molecule has 178 valence electrons. The summed E-state index contributed by atoms with van der Waals surface area (Å²) in [5.41, 5.74) is 4.78. The number of hydrogen-bond donors (Lipinski definition) is 1. The maximum absolute atomic E-state index is 12.5. The molecule has 0 aliphatic rings. The third kappa shape index (κ3) is 7.50. The molecular formula is C26H26BrClN2O4. The van der Waals surface area contributed by atoms with Crippen molar-refractivity contribution in [3.8, 4) is 17.2 Å². The van der Waals surface area contributed by atoms with Crippen LogP contribution in [0.25, 0.3) is 0 Å². The fourth-order valence-corrected chi connectivity index (χ4v) is 3.57. The summed E-state index contributed by atoms with van der Waals surface area (Å²) in [6.07, 6.45) is 2.45. The zero-order valence-electron chi connectivity index (χ0n) is 19.0. The molecule has 6 nitrogen and oxygen atoms in total. The van der Waals surface area contributed by atoms with Crippen LogP contribution in [0.5, 0.6) is 17.2 Å². The van der Waals surface area contributed by atoms with Gasteiger partial charge in [0.15, 0.2) is 11.5 Å². The van der Waals surface area contributed by atoms with E-state index in [0.717, 1.165) is 22.0 Å². The van der Waals surface area contributed by atoms with Crippen LogP contribution in [-0.2, 0) is 6.61 Å². The lowest BCUT2D eigenvalue weighted by Crippen LogP contribution is -2.17. The van der Waals surface area contributed by atoms with Crippen LogP contribution in [0, 0.1) is 0 Å². The van der Waals surface area contributed by atoms with Crippen LogP contribution in [0.1, 0.15) is 41.8 Å². The van der Waals surface area contributed by atoms with E-state index in [1.54, 1.807) is 24.4 Å². The molecule has 0 aliphatic heterocycles. The fraction of sp³-hybridized carbons (Fsp3) is 0.231. The molecule has 3 rings (SSSR count). The van der Waals surface area contributed by atoms with E-state index in [-0.39, 0.29) is 5.91 Å². The predicted molar refractivity (Wildman–Crippen MR) is 138 cm³/mol. The highest BCUT2D eigenvalue weighted by Crippen LogP contribution is 2.29. The average molecular weight is 546 g/mol. The van der Waals surface area contributed by atoms with Crippen molar-refractivity contribution in [2.24, 2.45) is 5.10 Å². The van der Waals surface area contributed by atoms with Gasteiger partial charge in [0, 0.05) is 10.6 Å². The number of amides is 1. The van der Waals surface area contributed by atoms with Crippen LogP contribution in [0.15, 0.2) is 70.2 Å². The molecule has 0 aliphatic carbocycles. The molecule has 0 bridgehead atoms. The molecule has 34 heavy (non-hydrogen) atoms. The number of nitrogens with zero attached hydrogens (tertiary/aromatic N) is 1. The van der Waals surface area contributed by atoms with Crippen molar-refractivity contribution in [1.82, 2.24) is 5.43 Å². The molecule has 1 N–H and O–H groups in total. The zero-order valence-corrected chi connectivity index (χ0v) is 21.4. The van der Waals surface area contributed by atoms with E-state index < -0.39 is 0 Å². The fourth-order valence-electron chi connectivity index (χ4n) is 2.94. The van der Waals surface area contributed by atoms with Crippen LogP contribution in [0.2, 0.25) is 5.02 Å². The number of nitrogens with one attached hydrogen (secondary N) is 1. The number of carbonyl (C=O) groups excluding carboxylic acids is 1. The normalized spacial score (nSPS) is 10.8. The predicted octanol–water partition coefficient (Wildman–Crippen LogP) is 6.63. The Labute approximate surface area is 213 Å². The first-order valence-electron chi connectivity index (χ1n) is 10.9. The third-order valence-corrected chi connectivity index (χ3v) is 5.48. The first-order valence-corrected chi connectivity index (χ1v) is 12.1. The molecule has 0 saturated heterocycles. The van der Waals surface area contributed by atoms with E-state index in [0.29, 0.717) is 47.7 Å². The molecule has 3 aromatic carbocycles. The molecule has 0 saturated carbocycles. The summed E-state index contributed by atoms with van der Waals surface area (Å²) < 4.78 is 17.9. The Kier molecular flexibility index (Phi) is 9.79. The second-order valence-corrected chi connectivity index (χ2v) is 8.54. The molecule has 0 unspecified atom stereocenters. The first-order chi connectivity index (χ1) is 16.5. The lowest BCUT2D eigenvalue weighted by molar-refractivity contribution is 0.0954. The van der Waals surface area contributed by atoms with Crippen molar-refractivity contribution in [3.63, 3.8) is 0 Å². The summed E-state index contributed by atoms with van der Waals surface area (Å²) >= 11 is 9.43. The Morgan fingerprint density at radius 3 is 2.44 bits per heavy atom. The van der Waals surface area contributed by atoms with Crippen molar-refractivity contribution in [2.75, 3.05) is 13.2 Å². The Hall–Kier alpha value is -3.03. The molecule has 0 fully saturated rings. The first kappa shape index (κ1) is 25.6. The molecule has 8 heteroatoms. The van der Waals surface area contributed by atoms with Gasteiger partial charge in [-0.3, -0.25) is 4.79 Å². The molecule has 0 heterocycles.